The van der Waals surface area contributed by atoms with Gasteiger partial charge < -0.3 is 9.88 Å². The highest BCUT2D eigenvalue weighted by Crippen LogP contribution is 2.14. The molecule has 1 N–H and O–H groups in total. The number of fused-ring (bicyclic) bond motifs is 1. The summed E-state index contributed by atoms with van der Waals surface area (Å²) < 4.78 is 1.89. The summed E-state index contributed by atoms with van der Waals surface area (Å²) in [4.78, 5) is 20.5. The third kappa shape index (κ3) is 3.46. The first-order valence-corrected chi connectivity index (χ1v) is 7.91. The molecule has 0 aliphatic heterocycles. The van der Waals surface area contributed by atoms with E-state index in [1.807, 2.05) is 42.1 Å². The van der Waals surface area contributed by atoms with E-state index >= 15 is 0 Å². The Labute approximate surface area is 132 Å². The van der Waals surface area contributed by atoms with E-state index in [0.717, 1.165) is 21.6 Å². The lowest BCUT2D eigenvalue weighted by Crippen LogP contribution is -2.24. The van der Waals surface area contributed by atoms with Crippen LogP contribution in [0.2, 0.25) is 0 Å². The normalized spacial score (nSPS) is 10.8. The molecule has 6 heteroatoms. The van der Waals surface area contributed by atoms with Gasteiger partial charge in [-0.1, -0.05) is 30.0 Å². The predicted octanol–water partition coefficient (Wildman–Crippen LogP) is 2.38. The van der Waals surface area contributed by atoms with Crippen molar-refractivity contribution >= 4 is 28.6 Å². The number of nitrogens with zero attached hydrogens (tertiary/aromatic N) is 3. The van der Waals surface area contributed by atoms with Crippen molar-refractivity contribution in [3.63, 3.8) is 0 Å². The van der Waals surface area contributed by atoms with Crippen LogP contribution in [0, 0.1) is 0 Å². The first-order chi connectivity index (χ1) is 10.7. The van der Waals surface area contributed by atoms with Crippen molar-refractivity contribution in [1.29, 1.82) is 0 Å². The van der Waals surface area contributed by atoms with Gasteiger partial charge in [0.15, 0.2) is 5.16 Å². The number of pyridine rings is 1. The molecular formula is C16H16N4OS. The zero-order chi connectivity index (χ0) is 15.4. The number of rotatable bonds is 5. The number of carbonyl (C=O) groups excluding carboxylic acids is 1. The van der Waals surface area contributed by atoms with Gasteiger partial charge in [0.25, 0.3) is 0 Å². The Morgan fingerprint density at radius 2 is 2.18 bits per heavy atom. The number of hydrogen-bond donors (Lipinski definition) is 1. The van der Waals surface area contributed by atoms with Gasteiger partial charge in [-0.15, -0.1) is 0 Å². The van der Waals surface area contributed by atoms with Gasteiger partial charge in [-0.05, 0) is 17.7 Å². The number of aromatic nitrogens is 3. The van der Waals surface area contributed by atoms with E-state index in [2.05, 4.69) is 21.4 Å². The molecule has 0 bridgehead atoms. The van der Waals surface area contributed by atoms with Gasteiger partial charge in [0.1, 0.15) is 0 Å². The summed E-state index contributed by atoms with van der Waals surface area (Å²) in [6.07, 6.45) is 5.39. The molecule has 2 aromatic heterocycles. The molecule has 0 fully saturated rings. The number of amides is 1. The molecule has 22 heavy (non-hydrogen) atoms. The number of nitrogens with one attached hydrogen (secondary N) is 1. The number of imidazole rings is 1. The fourth-order valence-electron chi connectivity index (χ4n) is 2.09. The average molecular weight is 312 g/mol. The summed E-state index contributed by atoms with van der Waals surface area (Å²) in [6.45, 7) is 0.484. The molecule has 0 aliphatic rings. The largest absolute Gasteiger partial charge is 0.351 e. The summed E-state index contributed by atoms with van der Waals surface area (Å²) in [5.74, 6) is 0.340. The van der Waals surface area contributed by atoms with Crippen molar-refractivity contribution in [2.75, 3.05) is 5.75 Å². The van der Waals surface area contributed by atoms with Gasteiger partial charge in [0.05, 0.1) is 11.3 Å². The maximum Gasteiger partial charge on any atom is 0.230 e. The second-order valence-electron chi connectivity index (χ2n) is 4.92. The van der Waals surface area contributed by atoms with Crippen LogP contribution in [0.4, 0.5) is 0 Å². The second-order valence-corrected chi connectivity index (χ2v) is 5.86. The van der Waals surface area contributed by atoms with E-state index in [1.165, 1.54) is 11.8 Å². The number of carbonyl (C=O) groups is 1. The zero-order valence-corrected chi connectivity index (χ0v) is 13.0. The van der Waals surface area contributed by atoms with E-state index in [4.69, 9.17) is 0 Å². The molecule has 0 unspecified atom stereocenters. The standard InChI is InChI=1S/C16H16N4OS/c1-20-7-6-17-16(20)22-11-15(21)19-10-12-8-13-4-2-3-5-14(13)18-9-12/h2-9H,10-11H2,1H3,(H,19,21). The number of benzene rings is 1. The molecule has 0 atom stereocenters. The smallest absolute Gasteiger partial charge is 0.230 e. The van der Waals surface area contributed by atoms with E-state index in [-0.39, 0.29) is 5.91 Å². The topological polar surface area (TPSA) is 59.8 Å². The molecular weight excluding hydrogens is 296 g/mol. The lowest BCUT2D eigenvalue weighted by molar-refractivity contribution is -0.118. The van der Waals surface area contributed by atoms with Gasteiger partial charge in [0.2, 0.25) is 5.91 Å². The van der Waals surface area contributed by atoms with Crippen LogP contribution in [0.15, 0.2) is 54.1 Å². The molecule has 1 aromatic carbocycles. The van der Waals surface area contributed by atoms with Crippen LogP contribution in [-0.4, -0.2) is 26.2 Å². The summed E-state index contributed by atoms with van der Waals surface area (Å²) in [5.41, 5.74) is 1.96. The Bertz CT molecular complexity index is 799. The minimum atomic E-state index is -0.0128. The number of para-hydroxylation sites is 1. The number of aryl methyl sites for hydroxylation is 1. The van der Waals surface area contributed by atoms with Gasteiger partial charge in [-0.2, -0.15) is 0 Å². The lowest BCUT2D eigenvalue weighted by atomic mass is 10.1. The van der Waals surface area contributed by atoms with Gasteiger partial charge in [0, 0.05) is 37.6 Å². The molecule has 0 radical (unpaired) electrons. The van der Waals surface area contributed by atoms with Gasteiger partial charge >= 0.3 is 0 Å². The fraction of sp³-hybridized carbons (Fsp3) is 0.188. The molecule has 3 rings (SSSR count). The monoisotopic (exact) mass is 312 g/mol. The minimum absolute atomic E-state index is 0.0128. The molecule has 0 saturated carbocycles. The van der Waals surface area contributed by atoms with Crippen molar-refractivity contribution in [3.05, 3.63) is 54.5 Å². The first kappa shape index (κ1) is 14.6. The van der Waals surface area contributed by atoms with Crippen LogP contribution in [0.3, 0.4) is 0 Å². The predicted molar refractivity (Wildman–Crippen MR) is 87.5 cm³/mol. The third-order valence-corrected chi connectivity index (χ3v) is 4.30. The van der Waals surface area contributed by atoms with Crippen molar-refractivity contribution in [3.8, 4) is 0 Å². The second kappa shape index (κ2) is 6.62. The van der Waals surface area contributed by atoms with Gasteiger partial charge in [-0.3, -0.25) is 9.78 Å². The molecule has 0 spiro atoms. The Balaban J connectivity index is 1.54. The Morgan fingerprint density at radius 3 is 3.00 bits per heavy atom. The van der Waals surface area contributed by atoms with Crippen molar-refractivity contribution < 1.29 is 4.79 Å². The maximum atomic E-state index is 11.9. The highest BCUT2D eigenvalue weighted by molar-refractivity contribution is 7.99. The third-order valence-electron chi connectivity index (χ3n) is 3.25. The number of thioether (sulfide) groups is 1. The van der Waals surface area contributed by atoms with Crippen LogP contribution >= 0.6 is 11.8 Å². The molecule has 112 valence electrons. The van der Waals surface area contributed by atoms with Crippen LogP contribution < -0.4 is 5.32 Å². The van der Waals surface area contributed by atoms with Crippen molar-refractivity contribution in [1.82, 2.24) is 19.9 Å². The Kier molecular flexibility index (Phi) is 4.39. The summed E-state index contributed by atoms with van der Waals surface area (Å²) >= 11 is 1.42. The minimum Gasteiger partial charge on any atom is -0.351 e. The van der Waals surface area contributed by atoms with Crippen LogP contribution in [0.1, 0.15) is 5.56 Å². The quantitative estimate of drug-likeness (QED) is 0.735. The van der Waals surface area contributed by atoms with Crippen molar-refractivity contribution in [2.45, 2.75) is 11.7 Å². The van der Waals surface area contributed by atoms with E-state index in [0.29, 0.717) is 12.3 Å². The van der Waals surface area contributed by atoms with Crippen LogP contribution in [0.5, 0.6) is 0 Å². The number of hydrogen-bond acceptors (Lipinski definition) is 4. The summed E-state index contributed by atoms with van der Waals surface area (Å²) in [6, 6.07) is 9.99. The fourth-order valence-corrected chi connectivity index (χ4v) is 2.85. The molecule has 2 heterocycles. The van der Waals surface area contributed by atoms with E-state index < -0.39 is 0 Å². The molecule has 3 aromatic rings. The van der Waals surface area contributed by atoms with Crippen molar-refractivity contribution in [2.24, 2.45) is 7.05 Å². The van der Waals surface area contributed by atoms with E-state index in [1.54, 1.807) is 12.4 Å². The molecule has 1 amide bonds. The summed E-state index contributed by atoms with van der Waals surface area (Å²) in [7, 11) is 1.91. The summed E-state index contributed by atoms with van der Waals surface area (Å²) in [5, 5.41) is 4.82. The first-order valence-electron chi connectivity index (χ1n) is 6.93. The lowest BCUT2D eigenvalue weighted by Gasteiger charge is -2.06. The maximum absolute atomic E-state index is 11.9. The average Bonchev–Trinajstić information content (AvgIpc) is 2.96. The zero-order valence-electron chi connectivity index (χ0n) is 12.2. The molecule has 5 nitrogen and oxygen atoms in total. The highest BCUT2D eigenvalue weighted by atomic mass is 32.2. The molecule has 0 saturated heterocycles. The van der Waals surface area contributed by atoms with Gasteiger partial charge in [-0.25, -0.2) is 4.98 Å². The van der Waals surface area contributed by atoms with E-state index in [9.17, 15) is 4.79 Å². The SMILES string of the molecule is Cn1ccnc1SCC(=O)NCc1cnc2ccccc2c1. The van der Waals surface area contributed by atoms with Crippen LogP contribution in [0.25, 0.3) is 10.9 Å². The van der Waals surface area contributed by atoms with Crippen LogP contribution in [-0.2, 0) is 18.4 Å². The highest BCUT2D eigenvalue weighted by Gasteiger charge is 2.06. The Morgan fingerprint density at radius 1 is 1.32 bits per heavy atom. The molecule has 0 aliphatic carbocycles. The Hall–Kier alpha value is -2.34.